The molecule has 0 bridgehead atoms. The summed E-state index contributed by atoms with van der Waals surface area (Å²) >= 11 is 16.9. The number of rotatable bonds is 4. The maximum Gasteiger partial charge on any atom is 0.279 e. The Morgan fingerprint density at radius 1 is 1.03 bits per heavy atom. The first-order chi connectivity index (χ1) is 14.0. The maximum absolute atomic E-state index is 12.3. The molecule has 1 unspecified atom stereocenters. The van der Waals surface area contributed by atoms with Gasteiger partial charge >= 0.3 is 0 Å². The molecule has 3 N–H and O–H groups in total. The molecule has 2 aromatic carbocycles. The van der Waals surface area contributed by atoms with Gasteiger partial charge in [0.15, 0.2) is 11.2 Å². The molecule has 0 saturated heterocycles. The fraction of sp³-hybridized carbons (Fsp3) is 0.286. The summed E-state index contributed by atoms with van der Waals surface area (Å²) in [5.41, 5.74) is 6.41. The van der Waals surface area contributed by atoms with Crippen molar-refractivity contribution in [2.75, 3.05) is 0 Å². The summed E-state index contributed by atoms with van der Waals surface area (Å²) in [7, 11) is 0. The van der Waals surface area contributed by atoms with Gasteiger partial charge in [-0.2, -0.15) is 0 Å². The Balaban J connectivity index is 1.84. The van der Waals surface area contributed by atoms with E-state index in [4.69, 9.17) is 40.2 Å². The number of carbonyl (C=O) groups excluding carboxylic acids is 2. The Hall–Kier alpha value is -2.35. The van der Waals surface area contributed by atoms with Crippen molar-refractivity contribution in [1.29, 1.82) is 0 Å². The average Bonchev–Trinajstić information content (AvgIpc) is 2.67. The molecule has 0 fully saturated rings. The molecule has 9 heteroatoms. The molecule has 2 rings (SSSR count). The molecule has 1 atom stereocenters. The molecule has 0 heterocycles. The number of amides is 2. The molecule has 160 valence electrons. The van der Waals surface area contributed by atoms with Crippen LogP contribution in [0.4, 0.5) is 0 Å². The van der Waals surface area contributed by atoms with Crippen LogP contribution in [0.5, 0.6) is 5.75 Å². The van der Waals surface area contributed by atoms with Crippen molar-refractivity contribution >= 4 is 52.3 Å². The van der Waals surface area contributed by atoms with Crippen LogP contribution in [0.3, 0.4) is 0 Å². The van der Waals surface area contributed by atoms with Crippen molar-refractivity contribution in [3.05, 3.63) is 63.6 Å². The summed E-state index contributed by atoms with van der Waals surface area (Å²) < 4.78 is 5.51. The monoisotopic (exact) mass is 467 g/mol. The van der Waals surface area contributed by atoms with E-state index < -0.39 is 12.0 Å². The molecule has 0 aromatic heterocycles. The molecule has 0 aliphatic heterocycles. The Kier molecular flexibility index (Phi) is 8.06. The van der Waals surface area contributed by atoms with E-state index in [1.807, 2.05) is 12.1 Å². The first kappa shape index (κ1) is 23.9. The van der Waals surface area contributed by atoms with Gasteiger partial charge in [-0.25, -0.2) is 0 Å². The highest BCUT2D eigenvalue weighted by atomic mass is 35.5. The van der Waals surface area contributed by atoms with Crippen LogP contribution < -0.4 is 20.9 Å². The van der Waals surface area contributed by atoms with Crippen molar-refractivity contribution < 1.29 is 14.3 Å². The zero-order valence-electron chi connectivity index (χ0n) is 17.0. The number of benzene rings is 2. The Labute approximate surface area is 191 Å². The SMILES string of the molecule is CC(Oc1ccc(Cl)cc1Cl)C(=O)NNC(=S)NC(=O)c1ccc(C(C)(C)C)cc1. The second-order valence-electron chi connectivity index (χ2n) is 7.56. The third kappa shape index (κ3) is 6.86. The number of hydrogen-bond acceptors (Lipinski definition) is 4. The van der Waals surface area contributed by atoms with Crippen molar-refractivity contribution in [2.24, 2.45) is 0 Å². The second-order valence-corrected chi connectivity index (χ2v) is 8.81. The largest absolute Gasteiger partial charge is 0.479 e. The predicted molar refractivity (Wildman–Crippen MR) is 123 cm³/mol. The number of hydrazine groups is 1. The van der Waals surface area contributed by atoms with Gasteiger partial charge in [0.2, 0.25) is 0 Å². The molecule has 6 nitrogen and oxygen atoms in total. The predicted octanol–water partition coefficient (Wildman–Crippen LogP) is 4.39. The van der Waals surface area contributed by atoms with Crippen LogP contribution in [0.2, 0.25) is 10.0 Å². The zero-order chi connectivity index (χ0) is 22.5. The summed E-state index contributed by atoms with van der Waals surface area (Å²) in [6.07, 6.45) is -0.875. The highest BCUT2D eigenvalue weighted by Gasteiger charge is 2.18. The molecule has 0 aliphatic rings. The highest BCUT2D eigenvalue weighted by Crippen LogP contribution is 2.28. The van der Waals surface area contributed by atoms with Crippen LogP contribution >= 0.6 is 35.4 Å². The molecule has 30 heavy (non-hydrogen) atoms. The fourth-order valence-corrected chi connectivity index (χ4v) is 2.96. The van der Waals surface area contributed by atoms with Gasteiger partial charge < -0.3 is 4.74 Å². The lowest BCUT2D eigenvalue weighted by atomic mass is 9.87. The lowest BCUT2D eigenvalue weighted by molar-refractivity contribution is -0.127. The van der Waals surface area contributed by atoms with Crippen molar-refractivity contribution in [3.8, 4) is 5.75 Å². The van der Waals surface area contributed by atoms with E-state index in [0.29, 0.717) is 16.3 Å². The van der Waals surface area contributed by atoms with E-state index in [0.717, 1.165) is 5.56 Å². The second kappa shape index (κ2) is 10.1. The summed E-state index contributed by atoms with van der Waals surface area (Å²) in [5.74, 6) is -0.579. The molecule has 2 aromatic rings. The molecule has 0 saturated carbocycles. The number of ether oxygens (including phenoxy) is 1. The summed E-state index contributed by atoms with van der Waals surface area (Å²) in [6.45, 7) is 7.82. The quantitative estimate of drug-likeness (QED) is 0.458. The van der Waals surface area contributed by atoms with Crippen LogP contribution in [0.1, 0.15) is 43.6 Å². The van der Waals surface area contributed by atoms with Crippen LogP contribution in [-0.4, -0.2) is 23.0 Å². The average molecular weight is 468 g/mol. The van der Waals surface area contributed by atoms with Gasteiger partial charge in [0.1, 0.15) is 5.75 Å². The van der Waals surface area contributed by atoms with E-state index in [1.54, 1.807) is 31.2 Å². The van der Waals surface area contributed by atoms with Gasteiger partial charge in [0, 0.05) is 10.6 Å². The van der Waals surface area contributed by atoms with Crippen LogP contribution in [0.25, 0.3) is 0 Å². The van der Waals surface area contributed by atoms with Crippen LogP contribution in [-0.2, 0) is 10.2 Å². The minimum absolute atomic E-state index is 0.00878. The topological polar surface area (TPSA) is 79.5 Å². The fourth-order valence-electron chi connectivity index (χ4n) is 2.36. The Morgan fingerprint density at radius 2 is 1.67 bits per heavy atom. The standard InChI is InChI=1S/C21H23Cl2N3O3S/c1-12(29-17-10-9-15(22)11-16(17)23)18(27)25-26-20(30)24-19(28)13-5-7-14(8-6-13)21(2,3)4/h5-12H,1-4H3,(H,25,27)(H2,24,26,28,30). The molecule has 2 amide bonds. The Morgan fingerprint density at radius 3 is 2.23 bits per heavy atom. The van der Waals surface area contributed by atoms with Crippen LogP contribution in [0.15, 0.2) is 42.5 Å². The maximum atomic E-state index is 12.3. The van der Waals surface area contributed by atoms with Gasteiger partial charge in [-0.1, -0.05) is 56.1 Å². The summed E-state index contributed by atoms with van der Waals surface area (Å²) in [5, 5.41) is 3.20. The van der Waals surface area contributed by atoms with Crippen molar-refractivity contribution in [1.82, 2.24) is 16.2 Å². The van der Waals surface area contributed by atoms with Gasteiger partial charge in [0.05, 0.1) is 5.02 Å². The van der Waals surface area contributed by atoms with E-state index in [-0.39, 0.29) is 21.5 Å². The zero-order valence-corrected chi connectivity index (χ0v) is 19.3. The lowest BCUT2D eigenvalue weighted by Gasteiger charge is -2.19. The van der Waals surface area contributed by atoms with Gasteiger partial charge in [-0.3, -0.25) is 25.8 Å². The third-order valence-electron chi connectivity index (χ3n) is 4.11. The number of thiocarbonyl (C=S) groups is 1. The van der Waals surface area contributed by atoms with Crippen molar-refractivity contribution in [3.63, 3.8) is 0 Å². The minimum Gasteiger partial charge on any atom is -0.479 e. The first-order valence-electron chi connectivity index (χ1n) is 9.11. The number of nitrogens with one attached hydrogen (secondary N) is 3. The molecular weight excluding hydrogens is 445 g/mol. The third-order valence-corrected chi connectivity index (χ3v) is 4.84. The first-order valence-corrected chi connectivity index (χ1v) is 10.3. The van der Waals surface area contributed by atoms with Crippen LogP contribution in [0, 0.1) is 0 Å². The smallest absolute Gasteiger partial charge is 0.279 e. The lowest BCUT2D eigenvalue weighted by Crippen LogP contribution is -2.51. The minimum atomic E-state index is -0.875. The summed E-state index contributed by atoms with van der Waals surface area (Å²) in [6, 6.07) is 11.9. The van der Waals surface area contributed by atoms with Gasteiger partial charge in [-0.15, -0.1) is 0 Å². The van der Waals surface area contributed by atoms with E-state index >= 15 is 0 Å². The van der Waals surface area contributed by atoms with E-state index in [2.05, 4.69) is 36.9 Å². The number of halogens is 2. The Bertz CT molecular complexity index is 944. The van der Waals surface area contributed by atoms with Crippen molar-refractivity contribution in [2.45, 2.75) is 39.2 Å². The van der Waals surface area contributed by atoms with Gasteiger partial charge in [0.25, 0.3) is 11.8 Å². The highest BCUT2D eigenvalue weighted by molar-refractivity contribution is 7.80. The molecule has 0 radical (unpaired) electrons. The molecule has 0 spiro atoms. The molecule has 0 aliphatic carbocycles. The molecular formula is C21H23Cl2N3O3S. The number of hydrogen-bond donors (Lipinski definition) is 3. The van der Waals surface area contributed by atoms with E-state index in [1.165, 1.54) is 6.07 Å². The van der Waals surface area contributed by atoms with E-state index in [9.17, 15) is 9.59 Å². The normalized spacial score (nSPS) is 11.9. The summed E-state index contributed by atoms with van der Waals surface area (Å²) in [4.78, 5) is 24.5. The van der Waals surface area contributed by atoms with Gasteiger partial charge in [-0.05, 0) is 60.5 Å². The number of carbonyl (C=O) groups is 2.